The highest BCUT2D eigenvalue weighted by molar-refractivity contribution is 7.85. The van der Waals surface area contributed by atoms with Crippen molar-refractivity contribution in [1.29, 1.82) is 0 Å². The van der Waals surface area contributed by atoms with Gasteiger partial charge in [-0.1, -0.05) is 26.2 Å². The lowest BCUT2D eigenvalue weighted by atomic mass is 9.95. The van der Waals surface area contributed by atoms with Gasteiger partial charge in [0.25, 0.3) is 10.1 Å². The minimum absolute atomic E-state index is 0.108. The van der Waals surface area contributed by atoms with E-state index in [1.165, 1.54) is 19.3 Å². The summed E-state index contributed by atoms with van der Waals surface area (Å²) < 4.78 is 30.3. The quantitative estimate of drug-likeness (QED) is 0.710. The van der Waals surface area contributed by atoms with Crippen LogP contribution < -0.4 is 5.32 Å². The Kier molecular flexibility index (Phi) is 5.02. The van der Waals surface area contributed by atoms with Crippen LogP contribution >= 0.6 is 0 Å². The molecule has 0 radical (unpaired) electrons. The summed E-state index contributed by atoms with van der Waals surface area (Å²) in [7, 11) is -3.85. The third-order valence-corrected chi connectivity index (χ3v) is 3.80. The number of rotatable bonds is 5. The summed E-state index contributed by atoms with van der Waals surface area (Å²) in [5.41, 5.74) is 0. The fraction of sp³-hybridized carbons (Fsp3) is 1.00. The van der Waals surface area contributed by atoms with Crippen molar-refractivity contribution in [2.24, 2.45) is 0 Å². The van der Waals surface area contributed by atoms with Gasteiger partial charge in [0.1, 0.15) is 0 Å². The Morgan fingerprint density at radius 2 is 1.93 bits per heavy atom. The van der Waals surface area contributed by atoms with Crippen LogP contribution in [0.1, 0.15) is 45.4 Å². The summed E-state index contributed by atoms with van der Waals surface area (Å²) >= 11 is 0. The van der Waals surface area contributed by atoms with Crippen molar-refractivity contribution >= 4 is 10.1 Å². The van der Waals surface area contributed by atoms with E-state index in [9.17, 15) is 8.42 Å². The molecule has 1 aliphatic carbocycles. The zero-order chi connectivity index (χ0) is 11.3. The van der Waals surface area contributed by atoms with Gasteiger partial charge in [-0.15, -0.1) is 0 Å². The van der Waals surface area contributed by atoms with E-state index in [4.69, 9.17) is 4.55 Å². The van der Waals surface area contributed by atoms with Gasteiger partial charge in [-0.3, -0.25) is 4.55 Å². The van der Waals surface area contributed by atoms with Gasteiger partial charge in [0, 0.05) is 12.1 Å². The summed E-state index contributed by atoms with van der Waals surface area (Å²) in [5, 5.41) is 3.32. The topological polar surface area (TPSA) is 66.4 Å². The second kappa shape index (κ2) is 5.82. The second-order valence-electron chi connectivity index (χ2n) is 4.36. The summed E-state index contributed by atoms with van der Waals surface area (Å²) in [6.07, 6.45) is 6.72. The van der Waals surface area contributed by atoms with Crippen molar-refractivity contribution in [3.05, 3.63) is 0 Å². The molecule has 0 aromatic carbocycles. The number of nitrogens with one attached hydrogen (secondary N) is 1. The third-order valence-electron chi connectivity index (χ3n) is 2.98. The molecule has 90 valence electrons. The molecular formula is C10H21NO3S. The highest BCUT2D eigenvalue weighted by Crippen LogP contribution is 2.18. The first kappa shape index (κ1) is 12.9. The maximum atomic E-state index is 10.8. The zero-order valence-corrected chi connectivity index (χ0v) is 10.1. The van der Waals surface area contributed by atoms with Crippen LogP contribution in [0, 0.1) is 0 Å². The molecule has 1 rings (SSSR count). The summed E-state index contributed by atoms with van der Waals surface area (Å²) in [6.45, 7) is 1.94. The van der Waals surface area contributed by atoms with Crippen LogP contribution in [-0.4, -0.2) is 30.8 Å². The predicted molar refractivity (Wildman–Crippen MR) is 60.5 cm³/mol. The fourth-order valence-corrected chi connectivity index (χ4v) is 2.98. The second-order valence-corrected chi connectivity index (χ2v) is 5.85. The Morgan fingerprint density at radius 1 is 1.33 bits per heavy atom. The Hall–Kier alpha value is -0.130. The highest BCUT2D eigenvalue weighted by atomic mass is 32.2. The molecule has 2 N–H and O–H groups in total. The minimum Gasteiger partial charge on any atom is -0.310 e. The summed E-state index contributed by atoms with van der Waals surface area (Å²) in [5.74, 6) is -0.167. The molecule has 1 atom stereocenters. The largest absolute Gasteiger partial charge is 0.310 e. The van der Waals surface area contributed by atoms with Gasteiger partial charge in [-0.2, -0.15) is 8.42 Å². The molecule has 0 bridgehead atoms. The molecule has 15 heavy (non-hydrogen) atoms. The summed E-state index contributed by atoms with van der Waals surface area (Å²) in [4.78, 5) is 0. The first-order chi connectivity index (χ1) is 7.01. The van der Waals surface area contributed by atoms with E-state index in [0.29, 0.717) is 6.04 Å². The normalized spacial score (nSPS) is 21.5. The molecule has 5 heteroatoms. The molecule has 0 heterocycles. The molecule has 0 amide bonds. The van der Waals surface area contributed by atoms with Crippen molar-refractivity contribution in [2.75, 3.05) is 5.75 Å². The van der Waals surface area contributed by atoms with Crippen LogP contribution in [0.4, 0.5) is 0 Å². The van der Waals surface area contributed by atoms with Crippen LogP contribution in [-0.2, 0) is 10.1 Å². The van der Waals surface area contributed by atoms with Crippen molar-refractivity contribution < 1.29 is 13.0 Å². The molecule has 0 spiro atoms. The Labute approximate surface area is 92.2 Å². The molecule has 0 aliphatic heterocycles. The van der Waals surface area contributed by atoms with Crippen molar-refractivity contribution in [2.45, 2.75) is 57.5 Å². The lowest BCUT2D eigenvalue weighted by Crippen LogP contribution is -2.42. The molecule has 0 saturated heterocycles. The van der Waals surface area contributed by atoms with E-state index < -0.39 is 10.1 Å². The van der Waals surface area contributed by atoms with E-state index in [1.54, 1.807) is 0 Å². The van der Waals surface area contributed by atoms with Crippen LogP contribution in [0.2, 0.25) is 0 Å². The summed E-state index contributed by atoms with van der Waals surface area (Å²) in [6, 6.07) is 0.327. The van der Waals surface area contributed by atoms with Crippen molar-refractivity contribution in [3.8, 4) is 0 Å². The SMILES string of the molecule is CCC(CS(=O)(=O)O)NC1CCCCC1. The molecule has 1 aliphatic rings. The molecule has 1 saturated carbocycles. The molecular weight excluding hydrogens is 214 g/mol. The maximum absolute atomic E-state index is 10.8. The van der Waals surface area contributed by atoms with Gasteiger partial charge in [0.05, 0.1) is 5.75 Å². The average molecular weight is 235 g/mol. The van der Waals surface area contributed by atoms with Gasteiger partial charge in [-0.05, 0) is 19.3 Å². The fourth-order valence-electron chi connectivity index (χ4n) is 2.14. The van der Waals surface area contributed by atoms with Crippen molar-refractivity contribution in [1.82, 2.24) is 5.32 Å². The standard InChI is InChI=1S/C10H21NO3S/c1-2-9(8-15(12,13)14)11-10-6-4-3-5-7-10/h9-11H,2-8H2,1H3,(H,12,13,14). The molecule has 0 aromatic rings. The predicted octanol–water partition coefficient (Wildman–Crippen LogP) is 1.58. The third kappa shape index (κ3) is 5.49. The minimum atomic E-state index is -3.85. The van der Waals surface area contributed by atoms with E-state index in [2.05, 4.69) is 5.32 Å². The Morgan fingerprint density at radius 3 is 2.40 bits per heavy atom. The first-order valence-corrected chi connectivity index (χ1v) is 7.33. The molecule has 1 fully saturated rings. The number of hydrogen-bond acceptors (Lipinski definition) is 3. The van der Waals surface area contributed by atoms with Crippen LogP contribution in [0.5, 0.6) is 0 Å². The molecule has 1 unspecified atom stereocenters. The van der Waals surface area contributed by atoms with Gasteiger partial charge in [-0.25, -0.2) is 0 Å². The Balaban J connectivity index is 2.38. The Bertz CT molecular complexity index is 270. The lowest BCUT2D eigenvalue weighted by molar-refractivity contribution is 0.338. The van der Waals surface area contributed by atoms with Crippen LogP contribution in [0.3, 0.4) is 0 Å². The molecule has 0 aromatic heterocycles. The monoisotopic (exact) mass is 235 g/mol. The van der Waals surface area contributed by atoms with Gasteiger partial charge in [0.15, 0.2) is 0 Å². The zero-order valence-electron chi connectivity index (χ0n) is 9.28. The maximum Gasteiger partial charge on any atom is 0.266 e. The first-order valence-electron chi connectivity index (χ1n) is 5.72. The van der Waals surface area contributed by atoms with E-state index in [-0.39, 0.29) is 11.8 Å². The molecule has 4 nitrogen and oxygen atoms in total. The lowest BCUT2D eigenvalue weighted by Gasteiger charge is -2.27. The van der Waals surface area contributed by atoms with Crippen LogP contribution in [0.25, 0.3) is 0 Å². The highest BCUT2D eigenvalue weighted by Gasteiger charge is 2.20. The smallest absolute Gasteiger partial charge is 0.266 e. The van der Waals surface area contributed by atoms with E-state index >= 15 is 0 Å². The number of hydrogen-bond donors (Lipinski definition) is 2. The van der Waals surface area contributed by atoms with E-state index in [1.807, 2.05) is 6.92 Å². The van der Waals surface area contributed by atoms with Gasteiger partial charge >= 0.3 is 0 Å². The van der Waals surface area contributed by atoms with Gasteiger partial charge in [0.2, 0.25) is 0 Å². The van der Waals surface area contributed by atoms with Crippen LogP contribution in [0.15, 0.2) is 0 Å². The van der Waals surface area contributed by atoms with Gasteiger partial charge < -0.3 is 5.32 Å². The average Bonchev–Trinajstić information content (AvgIpc) is 2.16. The van der Waals surface area contributed by atoms with E-state index in [0.717, 1.165) is 19.3 Å². The van der Waals surface area contributed by atoms with Crippen molar-refractivity contribution in [3.63, 3.8) is 0 Å².